The van der Waals surface area contributed by atoms with Crippen LogP contribution in [0.3, 0.4) is 0 Å². The van der Waals surface area contributed by atoms with Crippen LogP contribution in [-0.4, -0.2) is 50.8 Å². The van der Waals surface area contributed by atoms with E-state index in [1.54, 1.807) is 0 Å². The van der Waals surface area contributed by atoms with Gasteiger partial charge in [-0.1, -0.05) is 0 Å². The molecule has 0 atom stereocenters. The Kier molecular flexibility index (Phi) is 4.96. The molecule has 112 valence electrons. The van der Waals surface area contributed by atoms with Crippen LogP contribution in [0.1, 0.15) is 25.8 Å². The highest BCUT2D eigenvalue weighted by atomic mass is 32.2. The zero-order valence-corrected chi connectivity index (χ0v) is 13.4. The van der Waals surface area contributed by atoms with E-state index in [0.29, 0.717) is 6.54 Å². The van der Waals surface area contributed by atoms with Gasteiger partial charge in [-0.05, 0) is 32.8 Å². The topological polar surface area (TPSA) is 50.2 Å². The summed E-state index contributed by atoms with van der Waals surface area (Å²) in [6.45, 7) is 9.62. The molecule has 1 aromatic heterocycles. The van der Waals surface area contributed by atoms with E-state index < -0.39 is 0 Å². The molecule has 0 aliphatic carbocycles. The fraction of sp³-hybridized carbons (Fsp3) is 0.714. The number of hydrogen-bond acceptors (Lipinski definition) is 3. The van der Waals surface area contributed by atoms with Crippen LogP contribution in [0.15, 0.2) is 12.4 Å². The Balaban J connectivity index is 1.67. The smallest absolute Gasteiger partial charge is 0.317 e. The van der Waals surface area contributed by atoms with Crippen LogP contribution < -0.4 is 5.32 Å². The predicted octanol–water partition coefficient (Wildman–Crippen LogP) is 2.12. The van der Waals surface area contributed by atoms with Crippen LogP contribution >= 0.6 is 11.8 Å². The lowest BCUT2D eigenvalue weighted by Gasteiger charge is -2.37. The first-order chi connectivity index (χ1) is 9.46. The molecule has 0 spiro atoms. The molecule has 5 nitrogen and oxygen atoms in total. The Morgan fingerprint density at radius 1 is 1.55 bits per heavy atom. The number of rotatable bonds is 4. The van der Waals surface area contributed by atoms with Gasteiger partial charge >= 0.3 is 6.03 Å². The fourth-order valence-electron chi connectivity index (χ4n) is 2.33. The van der Waals surface area contributed by atoms with Crippen molar-refractivity contribution in [3.63, 3.8) is 0 Å². The molecule has 1 saturated heterocycles. The Morgan fingerprint density at radius 3 is 3.00 bits per heavy atom. The molecule has 0 aromatic carbocycles. The number of nitrogens with one attached hydrogen (secondary N) is 1. The quantitative estimate of drug-likeness (QED) is 0.866. The molecular formula is C14H24N4OS. The minimum absolute atomic E-state index is 0.0648. The van der Waals surface area contributed by atoms with Crippen molar-refractivity contribution in [3.8, 4) is 0 Å². The Hall–Kier alpha value is -1.17. The minimum Gasteiger partial charge on any atom is -0.338 e. The van der Waals surface area contributed by atoms with Crippen molar-refractivity contribution < 1.29 is 4.79 Å². The highest BCUT2D eigenvalue weighted by molar-refractivity contribution is 8.00. The number of hydrogen-bond donors (Lipinski definition) is 1. The van der Waals surface area contributed by atoms with Gasteiger partial charge in [0.15, 0.2) is 0 Å². The Morgan fingerprint density at radius 2 is 2.35 bits per heavy atom. The lowest BCUT2D eigenvalue weighted by atomic mass is 10.2. The van der Waals surface area contributed by atoms with Crippen molar-refractivity contribution >= 4 is 17.8 Å². The van der Waals surface area contributed by atoms with Crippen LogP contribution in [0.25, 0.3) is 0 Å². The van der Waals surface area contributed by atoms with E-state index in [9.17, 15) is 4.79 Å². The molecule has 2 amide bonds. The maximum absolute atomic E-state index is 12.1. The number of amides is 2. The van der Waals surface area contributed by atoms with Gasteiger partial charge in [0, 0.05) is 42.9 Å². The molecule has 0 bridgehead atoms. The summed E-state index contributed by atoms with van der Waals surface area (Å²) in [6.07, 6.45) is 4.77. The van der Waals surface area contributed by atoms with E-state index in [1.165, 1.54) is 5.56 Å². The first-order valence-electron chi connectivity index (χ1n) is 7.12. The number of urea groups is 1. The van der Waals surface area contributed by atoms with Gasteiger partial charge in [0.05, 0.1) is 6.20 Å². The van der Waals surface area contributed by atoms with Crippen molar-refractivity contribution in [1.29, 1.82) is 0 Å². The second-order valence-corrected chi connectivity index (χ2v) is 7.70. The van der Waals surface area contributed by atoms with Gasteiger partial charge in [0.25, 0.3) is 0 Å². The average Bonchev–Trinajstić information content (AvgIpc) is 2.79. The molecule has 1 aromatic rings. The third-order valence-corrected chi connectivity index (χ3v) is 4.61. The van der Waals surface area contributed by atoms with Crippen molar-refractivity contribution in [2.24, 2.45) is 0 Å². The van der Waals surface area contributed by atoms with Crippen molar-refractivity contribution in [2.45, 2.75) is 38.5 Å². The van der Waals surface area contributed by atoms with Crippen LogP contribution in [0.4, 0.5) is 4.79 Å². The van der Waals surface area contributed by atoms with Gasteiger partial charge in [-0.15, -0.1) is 0 Å². The van der Waals surface area contributed by atoms with Gasteiger partial charge in [-0.3, -0.25) is 4.68 Å². The summed E-state index contributed by atoms with van der Waals surface area (Å²) in [7, 11) is 0. The van der Waals surface area contributed by atoms with Crippen LogP contribution in [-0.2, 0) is 6.54 Å². The highest BCUT2D eigenvalue weighted by Gasteiger charge is 2.29. The van der Waals surface area contributed by atoms with E-state index >= 15 is 0 Å². The first-order valence-corrected chi connectivity index (χ1v) is 8.11. The molecule has 1 aliphatic rings. The molecule has 0 unspecified atom stereocenters. The SMILES string of the molecule is Cc1cnn(CCCNC(=O)N2CCSC(C)(C)C2)c1. The molecule has 1 N–H and O–H groups in total. The zero-order chi connectivity index (χ0) is 14.6. The summed E-state index contributed by atoms with van der Waals surface area (Å²) in [6, 6.07) is 0.0648. The third kappa shape index (κ3) is 4.44. The van der Waals surface area contributed by atoms with Gasteiger partial charge in [-0.2, -0.15) is 16.9 Å². The number of carbonyl (C=O) groups is 1. The van der Waals surface area contributed by atoms with Gasteiger partial charge in [0.2, 0.25) is 0 Å². The standard InChI is InChI=1S/C14H24N4OS/c1-12-9-16-18(10-12)6-4-5-15-13(19)17-7-8-20-14(2,3)11-17/h9-10H,4-8,11H2,1-3H3,(H,15,19). The molecule has 0 saturated carbocycles. The van der Waals surface area contributed by atoms with E-state index in [0.717, 1.165) is 31.8 Å². The summed E-state index contributed by atoms with van der Waals surface area (Å²) in [5.41, 5.74) is 1.17. The summed E-state index contributed by atoms with van der Waals surface area (Å²) >= 11 is 1.94. The number of aromatic nitrogens is 2. The molecule has 2 rings (SSSR count). The van der Waals surface area contributed by atoms with Crippen LogP contribution in [0, 0.1) is 6.92 Å². The van der Waals surface area contributed by atoms with Gasteiger partial charge in [-0.25, -0.2) is 4.79 Å². The largest absolute Gasteiger partial charge is 0.338 e. The molecular weight excluding hydrogens is 272 g/mol. The van der Waals surface area contributed by atoms with E-state index in [-0.39, 0.29) is 10.8 Å². The van der Waals surface area contributed by atoms with Crippen molar-refractivity contribution in [1.82, 2.24) is 20.0 Å². The molecule has 6 heteroatoms. The molecule has 2 heterocycles. The summed E-state index contributed by atoms with van der Waals surface area (Å²) in [4.78, 5) is 14.0. The Bertz CT molecular complexity index is 458. The summed E-state index contributed by atoms with van der Waals surface area (Å²) in [5, 5.41) is 7.24. The third-order valence-electron chi connectivity index (χ3n) is 3.32. The number of carbonyl (C=O) groups excluding carboxylic acids is 1. The summed E-state index contributed by atoms with van der Waals surface area (Å²) < 4.78 is 2.09. The maximum atomic E-state index is 12.1. The van der Waals surface area contributed by atoms with Crippen molar-refractivity contribution in [3.05, 3.63) is 18.0 Å². The fourth-order valence-corrected chi connectivity index (χ4v) is 3.44. The molecule has 1 fully saturated rings. The average molecular weight is 296 g/mol. The van der Waals surface area contributed by atoms with Crippen LogP contribution in [0.2, 0.25) is 0 Å². The summed E-state index contributed by atoms with van der Waals surface area (Å²) in [5.74, 6) is 1.02. The van der Waals surface area contributed by atoms with E-state index in [1.807, 2.05) is 40.7 Å². The van der Waals surface area contributed by atoms with Crippen molar-refractivity contribution in [2.75, 3.05) is 25.4 Å². The van der Waals surface area contributed by atoms with E-state index in [2.05, 4.69) is 24.3 Å². The maximum Gasteiger partial charge on any atom is 0.317 e. The number of thioether (sulfide) groups is 1. The predicted molar refractivity (Wildman–Crippen MR) is 83.1 cm³/mol. The molecule has 0 radical (unpaired) electrons. The zero-order valence-electron chi connectivity index (χ0n) is 12.6. The lowest BCUT2D eigenvalue weighted by molar-refractivity contribution is 0.194. The molecule has 20 heavy (non-hydrogen) atoms. The van der Waals surface area contributed by atoms with E-state index in [4.69, 9.17) is 0 Å². The number of aryl methyl sites for hydroxylation is 2. The lowest BCUT2D eigenvalue weighted by Crippen LogP contribution is -2.50. The van der Waals surface area contributed by atoms with Crippen LogP contribution in [0.5, 0.6) is 0 Å². The molecule has 1 aliphatic heterocycles. The second kappa shape index (κ2) is 6.52. The minimum atomic E-state index is 0.0648. The highest BCUT2D eigenvalue weighted by Crippen LogP contribution is 2.29. The number of nitrogens with zero attached hydrogens (tertiary/aromatic N) is 3. The monoisotopic (exact) mass is 296 g/mol. The normalized spacial score (nSPS) is 18.1. The Labute approximate surface area is 125 Å². The van der Waals surface area contributed by atoms with Gasteiger partial charge in [0.1, 0.15) is 0 Å². The van der Waals surface area contributed by atoms with Gasteiger partial charge < -0.3 is 10.2 Å². The second-order valence-electron chi connectivity index (χ2n) is 5.90. The first kappa shape index (κ1) is 15.2.